The average molecular weight is 191 g/mol. The minimum Gasteiger partial charge on any atom is -0.492 e. The molecule has 0 radical (unpaired) electrons. The van der Waals surface area contributed by atoms with Crippen molar-refractivity contribution in [3.8, 4) is 5.75 Å². The highest BCUT2D eigenvalue weighted by molar-refractivity contribution is 5.57. The Kier molecular flexibility index (Phi) is 1.95. The summed E-state index contributed by atoms with van der Waals surface area (Å²) in [4.78, 5) is 0. The van der Waals surface area contributed by atoms with E-state index in [9.17, 15) is 0 Å². The van der Waals surface area contributed by atoms with Gasteiger partial charge in [0.1, 0.15) is 5.75 Å². The zero-order valence-corrected chi connectivity index (χ0v) is 9.05. The molecule has 1 aromatic rings. The van der Waals surface area contributed by atoms with Gasteiger partial charge in [0.2, 0.25) is 0 Å². The Labute approximate surface area is 85.1 Å². The Morgan fingerprint density at radius 3 is 2.79 bits per heavy atom. The summed E-state index contributed by atoms with van der Waals surface area (Å²) in [5.41, 5.74) is 9.31. The number of rotatable bonds is 1. The number of hydrogen-bond acceptors (Lipinski definition) is 2. The first-order valence-corrected chi connectivity index (χ1v) is 5.10. The molecule has 1 aliphatic rings. The van der Waals surface area contributed by atoms with Gasteiger partial charge < -0.3 is 10.5 Å². The van der Waals surface area contributed by atoms with Crippen molar-refractivity contribution < 1.29 is 4.74 Å². The van der Waals surface area contributed by atoms with E-state index in [1.54, 1.807) is 0 Å². The lowest BCUT2D eigenvalue weighted by atomic mass is 9.85. The monoisotopic (exact) mass is 191 g/mol. The van der Waals surface area contributed by atoms with Gasteiger partial charge in [-0.1, -0.05) is 20.8 Å². The summed E-state index contributed by atoms with van der Waals surface area (Å²) in [6, 6.07) is 4.06. The van der Waals surface area contributed by atoms with E-state index < -0.39 is 0 Å². The van der Waals surface area contributed by atoms with Crippen molar-refractivity contribution in [1.82, 2.24) is 0 Å². The molecule has 0 aliphatic carbocycles. The topological polar surface area (TPSA) is 35.2 Å². The van der Waals surface area contributed by atoms with Crippen molar-refractivity contribution in [2.45, 2.75) is 32.6 Å². The van der Waals surface area contributed by atoms with Crippen LogP contribution in [0.2, 0.25) is 0 Å². The molecule has 2 N–H and O–H groups in total. The molecule has 2 rings (SSSR count). The maximum Gasteiger partial charge on any atom is 0.126 e. The second-order valence-corrected chi connectivity index (χ2v) is 4.58. The molecule has 0 spiro atoms. The van der Waals surface area contributed by atoms with Crippen LogP contribution < -0.4 is 10.5 Å². The first-order chi connectivity index (χ1) is 6.54. The summed E-state index contributed by atoms with van der Waals surface area (Å²) in [5, 5.41) is 0. The molecule has 0 fully saturated rings. The predicted octanol–water partition coefficient (Wildman–Crippen LogP) is 2.50. The smallest absolute Gasteiger partial charge is 0.126 e. The van der Waals surface area contributed by atoms with Crippen molar-refractivity contribution in [1.29, 1.82) is 0 Å². The van der Waals surface area contributed by atoms with E-state index in [0.29, 0.717) is 0 Å². The fraction of sp³-hybridized carbons (Fsp3) is 0.500. The van der Waals surface area contributed by atoms with Crippen LogP contribution in [0.1, 0.15) is 31.9 Å². The Hall–Kier alpha value is -1.18. The highest BCUT2D eigenvalue weighted by Gasteiger charge is 2.33. The zero-order valence-electron chi connectivity index (χ0n) is 9.05. The van der Waals surface area contributed by atoms with E-state index in [-0.39, 0.29) is 5.41 Å². The van der Waals surface area contributed by atoms with Gasteiger partial charge >= 0.3 is 0 Å². The number of fused-ring (bicyclic) bond motifs is 1. The van der Waals surface area contributed by atoms with Crippen LogP contribution in [0.15, 0.2) is 12.1 Å². The maximum atomic E-state index is 5.87. The van der Waals surface area contributed by atoms with Crippen molar-refractivity contribution in [3.05, 3.63) is 23.3 Å². The normalized spacial score (nSPS) is 17.6. The highest BCUT2D eigenvalue weighted by atomic mass is 16.5. The lowest BCUT2D eigenvalue weighted by molar-refractivity contribution is 0.289. The summed E-state index contributed by atoms with van der Waals surface area (Å²) >= 11 is 0. The number of benzene rings is 1. The van der Waals surface area contributed by atoms with Gasteiger partial charge in [-0.25, -0.2) is 0 Å². The van der Waals surface area contributed by atoms with E-state index in [1.807, 2.05) is 12.1 Å². The van der Waals surface area contributed by atoms with Crippen LogP contribution in [0, 0.1) is 0 Å². The molecule has 0 atom stereocenters. The number of aryl methyl sites for hydroxylation is 1. The Morgan fingerprint density at radius 2 is 2.14 bits per heavy atom. The lowest BCUT2D eigenvalue weighted by Gasteiger charge is -2.15. The molecule has 1 heterocycles. The molecule has 1 aromatic carbocycles. The standard InChI is InChI=1S/C12H17NO/c1-4-8-5-9(13)6-10-11(8)14-7-12(10,2)3/h5-6H,4,7,13H2,1-3H3. The predicted molar refractivity (Wildman–Crippen MR) is 58.8 cm³/mol. The van der Waals surface area contributed by atoms with Gasteiger partial charge in [0, 0.05) is 16.7 Å². The second kappa shape index (κ2) is 2.91. The first-order valence-electron chi connectivity index (χ1n) is 5.10. The van der Waals surface area contributed by atoms with Gasteiger partial charge in [0.05, 0.1) is 6.61 Å². The first kappa shape index (κ1) is 9.38. The van der Waals surface area contributed by atoms with Gasteiger partial charge in [0.25, 0.3) is 0 Å². The van der Waals surface area contributed by atoms with Gasteiger partial charge in [-0.15, -0.1) is 0 Å². The Morgan fingerprint density at radius 1 is 1.43 bits per heavy atom. The summed E-state index contributed by atoms with van der Waals surface area (Å²) in [5.74, 6) is 1.06. The molecule has 0 saturated carbocycles. The number of nitrogens with two attached hydrogens (primary N) is 1. The van der Waals surface area contributed by atoms with Crippen molar-refractivity contribution in [3.63, 3.8) is 0 Å². The summed E-state index contributed by atoms with van der Waals surface area (Å²) < 4.78 is 5.74. The van der Waals surface area contributed by atoms with Crippen LogP contribution in [0.3, 0.4) is 0 Å². The largest absolute Gasteiger partial charge is 0.492 e. The highest BCUT2D eigenvalue weighted by Crippen LogP contribution is 2.42. The van der Waals surface area contributed by atoms with Crippen LogP contribution in [-0.2, 0) is 11.8 Å². The molecule has 0 aromatic heterocycles. The molecule has 2 nitrogen and oxygen atoms in total. The number of hydrogen-bond donors (Lipinski definition) is 1. The summed E-state index contributed by atoms with van der Waals surface area (Å²) in [6.07, 6.45) is 0.976. The molecule has 0 amide bonds. The minimum atomic E-state index is 0.106. The lowest BCUT2D eigenvalue weighted by Crippen LogP contribution is -2.18. The van der Waals surface area contributed by atoms with Crippen LogP contribution in [0.5, 0.6) is 5.75 Å². The van der Waals surface area contributed by atoms with Crippen molar-refractivity contribution in [2.24, 2.45) is 0 Å². The average Bonchev–Trinajstić information content (AvgIpc) is 2.42. The molecule has 1 aliphatic heterocycles. The molecule has 14 heavy (non-hydrogen) atoms. The summed E-state index contributed by atoms with van der Waals surface area (Å²) in [6.45, 7) is 7.28. The molecule has 0 saturated heterocycles. The van der Waals surface area contributed by atoms with Crippen molar-refractivity contribution >= 4 is 5.69 Å². The second-order valence-electron chi connectivity index (χ2n) is 4.58. The van der Waals surface area contributed by atoms with Crippen LogP contribution >= 0.6 is 0 Å². The van der Waals surface area contributed by atoms with E-state index in [1.165, 1.54) is 11.1 Å². The van der Waals surface area contributed by atoms with E-state index in [4.69, 9.17) is 10.5 Å². The Balaban J connectivity index is 2.62. The SMILES string of the molecule is CCc1cc(N)cc2c1OCC2(C)C. The van der Waals surface area contributed by atoms with Crippen LogP contribution in [-0.4, -0.2) is 6.61 Å². The van der Waals surface area contributed by atoms with E-state index in [2.05, 4.69) is 20.8 Å². The Bertz CT molecular complexity index is 369. The molecule has 76 valence electrons. The minimum absolute atomic E-state index is 0.106. The third kappa shape index (κ3) is 1.26. The van der Waals surface area contributed by atoms with E-state index >= 15 is 0 Å². The fourth-order valence-electron chi connectivity index (χ4n) is 1.98. The number of nitrogen functional groups attached to an aromatic ring is 1. The van der Waals surface area contributed by atoms with E-state index in [0.717, 1.165) is 24.5 Å². The van der Waals surface area contributed by atoms with Gasteiger partial charge in [0.15, 0.2) is 0 Å². The number of anilines is 1. The quantitative estimate of drug-likeness (QED) is 0.692. The van der Waals surface area contributed by atoms with Crippen molar-refractivity contribution in [2.75, 3.05) is 12.3 Å². The molecule has 0 unspecified atom stereocenters. The fourth-order valence-corrected chi connectivity index (χ4v) is 1.98. The van der Waals surface area contributed by atoms with Gasteiger partial charge in [-0.05, 0) is 24.1 Å². The van der Waals surface area contributed by atoms with Gasteiger partial charge in [-0.3, -0.25) is 0 Å². The number of ether oxygens (including phenoxy) is 1. The van der Waals surface area contributed by atoms with Crippen LogP contribution in [0.25, 0.3) is 0 Å². The molecular weight excluding hydrogens is 174 g/mol. The molecule has 2 heteroatoms. The van der Waals surface area contributed by atoms with Crippen LogP contribution in [0.4, 0.5) is 5.69 Å². The molecule has 0 bridgehead atoms. The summed E-state index contributed by atoms with van der Waals surface area (Å²) in [7, 11) is 0. The third-order valence-corrected chi connectivity index (χ3v) is 2.88. The maximum absolute atomic E-state index is 5.87. The molecular formula is C12H17NO. The van der Waals surface area contributed by atoms with Gasteiger partial charge in [-0.2, -0.15) is 0 Å². The zero-order chi connectivity index (χ0) is 10.3. The third-order valence-electron chi connectivity index (χ3n) is 2.88.